The topological polar surface area (TPSA) is 93.5 Å². The van der Waals surface area contributed by atoms with Crippen LogP contribution in [0.3, 0.4) is 0 Å². The maximum atomic E-state index is 10.8. The smallest absolute Gasteiger partial charge is 0.122 e. The van der Waals surface area contributed by atoms with Crippen LogP contribution >= 0.6 is 0 Å². The number of aliphatic hydroxyl groups excluding tert-OH is 2. The molecule has 0 bridgehead atoms. The maximum Gasteiger partial charge on any atom is 0.122 e. The normalized spacial score (nSPS) is 34.2. The van der Waals surface area contributed by atoms with E-state index in [2.05, 4.69) is 71.8 Å². The van der Waals surface area contributed by atoms with E-state index in [1.165, 1.54) is 10.9 Å². The molecule has 28 heavy (non-hydrogen) atoms. The number of hydrazine groups is 2. The van der Waals surface area contributed by atoms with Crippen LogP contribution in [0.4, 0.5) is 0 Å². The second kappa shape index (κ2) is 7.59. The van der Waals surface area contributed by atoms with Gasteiger partial charge in [0.1, 0.15) is 12.5 Å². The molecule has 0 amide bonds. The molecule has 7 nitrogen and oxygen atoms in total. The van der Waals surface area contributed by atoms with Crippen molar-refractivity contribution in [1.29, 1.82) is 0 Å². The second-order valence-electron chi connectivity index (χ2n) is 8.14. The number of aromatic nitrogens is 1. The minimum Gasteiger partial charge on any atom is -0.377 e. The minimum atomic E-state index is -0.694. The Morgan fingerprint density at radius 2 is 1.61 bits per heavy atom. The Bertz CT molecular complexity index is 822. The second-order valence-corrected chi connectivity index (χ2v) is 8.14. The van der Waals surface area contributed by atoms with Gasteiger partial charge in [-0.3, -0.25) is 10.9 Å². The fourth-order valence-corrected chi connectivity index (χ4v) is 5.26. The van der Waals surface area contributed by atoms with E-state index in [-0.39, 0.29) is 29.8 Å². The Morgan fingerprint density at radius 3 is 2.11 bits per heavy atom. The standard InChI is InChI=1S/C21H31N5O2/c1-5-10-26-13(4)18(14-8-6-7-9-15(14)26)19(16-11(2)22-24-20(16)27)17-12(3)23-25-21(17)28/h5-9,11-12,16-17,19-25,27-28H,1,10H2,2-4H3. The van der Waals surface area contributed by atoms with Gasteiger partial charge in [0.2, 0.25) is 0 Å². The van der Waals surface area contributed by atoms with Gasteiger partial charge in [-0.2, -0.15) is 0 Å². The molecule has 0 aliphatic carbocycles. The lowest BCUT2D eigenvalue weighted by molar-refractivity contribution is 0.0399. The van der Waals surface area contributed by atoms with Crippen molar-refractivity contribution in [2.45, 2.75) is 57.8 Å². The van der Waals surface area contributed by atoms with Crippen molar-refractivity contribution in [3.63, 3.8) is 0 Å². The lowest BCUT2D eigenvalue weighted by Crippen LogP contribution is -2.42. The number of hydrogen-bond donors (Lipinski definition) is 6. The van der Waals surface area contributed by atoms with Crippen LogP contribution in [-0.4, -0.2) is 39.3 Å². The van der Waals surface area contributed by atoms with Crippen LogP contribution in [0.2, 0.25) is 0 Å². The van der Waals surface area contributed by atoms with Gasteiger partial charge in [-0.15, -0.1) is 6.58 Å². The van der Waals surface area contributed by atoms with Gasteiger partial charge >= 0.3 is 0 Å². The van der Waals surface area contributed by atoms with E-state index >= 15 is 0 Å². The summed E-state index contributed by atoms with van der Waals surface area (Å²) >= 11 is 0. The van der Waals surface area contributed by atoms with E-state index < -0.39 is 12.5 Å². The lowest BCUT2D eigenvalue weighted by atomic mass is 9.70. The largest absolute Gasteiger partial charge is 0.377 e. The van der Waals surface area contributed by atoms with Crippen LogP contribution in [0.15, 0.2) is 36.9 Å². The van der Waals surface area contributed by atoms with Gasteiger partial charge in [-0.1, -0.05) is 24.3 Å². The SMILES string of the molecule is C=CCn1c(C)c(C(C2C(C)NNC2O)C2C(C)NNC2O)c2ccccc21. The first-order valence-corrected chi connectivity index (χ1v) is 10.0. The molecule has 2 aromatic rings. The number of nitrogens with zero attached hydrogens (tertiary/aromatic N) is 1. The molecule has 4 rings (SSSR count). The van der Waals surface area contributed by atoms with Gasteiger partial charge in [0.15, 0.2) is 0 Å². The van der Waals surface area contributed by atoms with E-state index in [4.69, 9.17) is 0 Å². The maximum absolute atomic E-state index is 10.8. The van der Waals surface area contributed by atoms with Crippen molar-refractivity contribution in [1.82, 2.24) is 26.3 Å². The number of rotatable bonds is 5. The average Bonchev–Trinajstić information content (AvgIpc) is 3.28. The van der Waals surface area contributed by atoms with Crippen LogP contribution in [0.5, 0.6) is 0 Å². The van der Waals surface area contributed by atoms with Crippen LogP contribution in [-0.2, 0) is 6.54 Å². The molecule has 6 N–H and O–H groups in total. The van der Waals surface area contributed by atoms with Crippen LogP contribution in [0.1, 0.15) is 31.0 Å². The molecule has 152 valence electrons. The van der Waals surface area contributed by atoms with Gasteiger partial charge in [0.05, 0.1) is 0 Å². The molecular formula is C21H31N5O2. The molecule has 6 unspecified atom stereocenters. The van der Waals surface area contributed by atoms with E-state index in [0.717, 1.165) is 17.8 Å². The van der Waals surface area contributed by atoms with Gasteiger partial charge in [0.25, 0.3) is 0 Å². The van der Waals surface area contributed by atoms with E-state index in [1.54, 1.807) is 0 Å². The Morgan fingerprint density at radius 1 is 1.04 bits per heavy atom. The molecule has 0 radical (unpaired) electrons. The number of fused-ring (bicyclic) bond motifs is 1. The highest BCUT2D eigenvalue weighted by Crippen LogP contribution is 2.46. The minimum absolute atomic E-state index is 0.0564. The van der Waals surface area contributed by atoms with Crippen molar-refractivity contribution in [2.75, 3.05) is 0 Å². The molecule has 7 heteroatoms. The Kier molecular flexibility index (Phi) is 5.30. The number of benzene rings is 1. The molecule has 2 saturated heterocycles. The van der Waals surface area contributed by atoms with Crippen LogP contribution in [0.25, 0.3) is 10.9 Å². The average molecular weight is 386 g/mol. The number of aliphatic hydroxyl groups is 2. The molecular weight excluding hydrogens is 354 g/mol. The van der Waals surface area contributed by atoms with E-state index in [1.807, 2.05) is 12.1 Å². The summed E-state index contributed by atoms with van der Waals surface area (Å²) in [6.07, 6.45) is 0.520. The molecule has 6 atom stereocenters. The first-order chi connectivity index (χ1) is 13.5. The zero-order chi connectivity index (χ0) is 20.0. The summed E-state index contributed by atoms with van der Waals surface area (Å²) in [5.41, 5.74) is 15.8. The fraction of sp³-hybridized carbons (Fsp3) is 0.524. The monoisotopic (exact) mass is 385 g/mol. The zero-order valence-corrected chi connectivity index (χ0v) is 16.7. The highest BCUT2D eigenvalue weighted by Gasteiger charge is 2.49. The van der Waals surface area contributed by atoms with Crippen molar-refractivity contribution in [2.24, 2.45) is 11.8 Å². The summed E-state index contributed by atoms with van der Waals surface area (Å²) in [4.78, 5) is 0. The highest BCUT2D eigenvalue weighted by molar-refractivity contribution is 5.86. The summed E-state index contributed by atoms with van der Waals surface area (Å²) in [7, 11) is 0. The quantitative estimate of drug-likeness (QED) is 0.432. The third-order valence-corrected chi connectivity index (χ3v) is 6.56. The van der Waals surface area contributed by atoms with Gasteiger partial charge in [-0.25, -0.2) is 10.9 Å². The summed E-state index contributed by atoms with van der Waals surface area (Å²) in [5.74, 6) is -0.244. The third-order valence-electron chi connectivity index (χ3n) is 6.56. The third kappa shape index (κ3) is 2.99. The first kappa shape index (κ1) is 19.6. The molecule has 2 aliphatic rings. The molecule has 1 aromatic heterocycles. The van der Waals surface area contributed by atoms with Gasteiger partial charge < -0.3 is 14.8 Å². The molecule has 0 saturated carbocycles. The Hall–Kier alpha value is -1.74. The van der Waals surface area contributed by atoms with E-state index in [0.29, 0.717) is 0 Å². The zero-order valence-electron chi connectivity index (χ0n) is 16.7. The first-order valence-electron chi connectivity index (χ1n) is 10.0. The highest BCUT2D eigenvalue weighted by atomic mass is 16.3. The summed E-state index contributed by atoms with van der Waals surface area (Å²) in [6.45, 7) is 10.9. The summed E-state index contributed by atoms with van der Waals surface area (Å²) in [5, 5.41) is 22.7. The van der Waals surface area contributed by atoms with Crippen LogP contribution < -0.4 is 21.7 Å². The Labute approximate surface area is 165 Å². The van der Waals surface area contributed by atoms with Crippen LogP contribution in [0, 0.1) is 18.8 Å². The lowest BCUT2D eigenvalue weighted by Gasteiger charge is -2.36. The molecule has 1 aromatic carbocycles. The number of hydrogen-bond acceptors (Lipinski definition) is 6. The summed E-state index contributed by atoms with van der Waals surface area (Å²) in [6, 6.07) is 8.48. The number of para-hydroxylation sites is 1. The molecule has 3 heterocycles. The number of nitrogens with one attached hydrogen (secondary N) is 4. The molecule has 0 spiro atoms. The van der Waals surface area contributed by atoms with Crippen molar-refractivity contribution < 1.29 is 10.2 Å². The number of allylic oxidation sites excluding steroid dienone is 1. The van der Waals surface area contributed by atoms with Crippen molar-refractivity contribution >= 4 is 10.9 Å². The van der Waals surface area contributed by atoms with E-state index in [9.17, 15) is 10.2 Å². The van der Waals surface area contributed by atoms with Crippen molar-refractivity contribution in [3.8, 4) is 0 Å². The molecule has 2 aliphatic heterocycles. The Balaban J connectivity index is 1.95. The van der Waals surface area contributed by atoms with Gasteiger partial charge in [-0.05, 0) is 32.4 Å². The van der Waals surface area contributed by atoms with Crippen molar-refractivity contribution in [3.05, 3.63) is 48.2 Å². The molecule has 2 fully saturated rings. The van der Waals surface area contributed by atoms with Gasteiger partial charge in [0, 0.05) is 53.0 Å². The fourth-order valence-electron chi connectivity index (χ4n) is 5.26. The predicted octanol–water partition coefficient (Wildman–Crippen LogP) is 1.08. The predicted molar refractivity (Wildman–Crippen MR) is 110 cm³/mol. The summed E-state index contributed by atoms with van der Waals surface area (Å²) < 4.78 is 2.27.